The maximum absolute atomic E-state index is 13.3. The number of nitrogens with one attached hydrogen (secondary N) is 2. The fraction of sp³-hybridized carbons (Fsp3) is 0.500. The first-order valence-corrected chi connectivity index (χ1v) is 6.64. The van der Waals surface area contributed by atoms with Crippen molar-refractivity contribution in [2.45, 2.75) is 25.4 Å². The van der Waals surface area contributed by atoms with Crippen LogP contribution in [-0.2, 0) is 0 Å². The van der Waals surface area contributed by atoms with Gasteiger partial charge in [-0.3, -0.25) is 0 Å². The number of aliphatic hydroxyl groups excluding tert-OH is 1. The van der Waals surface area contributed by atoms with Crippen molar-refractivity contribution < 1.29 is 19.0 Å². The highest BCUT2D eigenvalue weighted by atomic mass is 19.1. The molecule has 1 aromatic carbocycles. The minimum Gasteiger partial charge on any atom is -0.497 e. The van der Waals surface area contributed by atoms with Gasteiger partial charge in [-0.1, -0.05) is 0 Å². The number of hydrogen-bond donors (Lipinski definition) is 3. The Kier molecular flexibility index (Phi) is 4.79. The number of aliphatic hydroxyl groups is 1. The van der Waals surface area contributed by atoms with Gasteiger partial charge in [0.25, 0.3) is 0 Å². The maximum atomic E-state index is 13.3. The monoisotopic (exact) mass is 282 g/mol. The lowest BCUT2D eigenvalue weighted by Gasteiger charge is -2.12. The number of hydrogen-bond acceptors (Lipinski definition) is 3. The van der Waals surface area contributed by atoms with Crippen molar-refractivity contribution in [2.75, 3.05) is 19.0 Å². The summed E-state index contributed by atoms with van der Waals surface area (Å²) in [6, 6.07) is 3.62. The molecule has 1 fully saturated rings. The summed E-state index contributed by atoms with van der Waals surface area (Å²) in [7, 11) is 1.43. The molecule has 110 valence electrons. The molecule has 1 aliphatic rings. The lowest BCUT2D eigenvalue weighted by molar-refractivity contribution is 0.177. The van der Waals surface area contributed by atoms with Crippen molar-refractivity contribution in [1.29, 1.82) is 0 Å². The molecule has 2 amide bonds. The number of carbonyl (C=O) groups is 1. The molecule has 0 saturated heterocycles. The van der Waals surface area contributed by atoms with Crippen LogP contribution in [0.4, 0.5) is 14.9 Å². The van der Waals surface area contributed by atoms with E-state index in [-0.39, 0.29) is 12.1 Å². The second-order valence-electron chi connectivity index (χ2n) is 5.05. The molecule has 0 unspecified atom stereocenters. The second-order valence-corrected chi connectivity index (χ2v) is 5.05. The van der Waals surface area contributed by atoms with Gasteiger partial charge in [0, 0.05) is 24.4 Å². The molecule has 5 nitrogen and oxygen atoms in total. The topological polar surface area (TPSA) is 70.6 Å². The quantitative estimate of drug-likeness (QED) is 0.792. The van der Waals surface area contributed by atoms with Gasteiger partial charge >= 0.3 is 6.03 Å². The molecule has 6 heteroatoms. The van der Waals surface area contributed by atoms with Crippen LogP contribution in [0.15, 0.2) is 18.2 Å². The zero-order valence-corrected chi connectivity index (χ0v) is 11.4. The first-order valence-electron chi connectivity index (χ1n) is 6.64. The van der Waals surface area contributed by atoms with Crippen molar-refractivity contribution in [1.82, 2.24) is 5.32 Å². The van der Waals surface area contributed by atoms with E-state index in [4.69, 9.17) is 4.74 Å². The average molecular weight is 282 g/mol. The predicted molar refractivity (Wildman–Crippen MR) is 73.3 cm³/mol. The van der Waals surface area contributed by atoms with Crippen molar-refractivity contribution in [2.24, 2.45) is 5.92 Å². The molecule has 0 heterocycles. The third-order valence-electron chi connectivity index (χ3n) is 3.43. The molecular formula is C14H19FN2O3. The van der Waals surface area contributed by atoms with E-state index in [0.29, 0.717) is 30.3 Å². The fourth-order valence-corrected chi connectivity index (χ4v) is 2.40. The number of ether oxygens (including phenoxy) is 1. The summed E-state index contributed by atoms with van der Waals surface area (Å²) in [5.74, 6) is 0.176. The number of urea groups is 1. The molecule has 0 aliphatic heterocycles. The first-order chi connectivity index (χ1) is 9.56. The van der Waals surface area contributed by atoms with Gasteiger partial charge in [-0.05, 0) is 31.2 Å². The van der Waals surface area contributed by atoms with Gasteiger partial charge in [0.15, 0.2) is 0 Å². The molecule has 1 aliphatic carbocycles. The molecule has 0 radical (unpaired) electrons. The van der Waals surface area contributed by atoms with Gasteiger partial charge in [0.05, 0.1) is 13.2 Å². The maximum Gasteiger partial charge on any atom is 0.319 e. The van der Waals surface area contributed by atoms with Gasteiger partial charge in [-0.25, -0.2) is 9.18 Å². The Labute approximate surface area is 117 Å². The normalized spacial score (nSPS) is 21.6. The lowest BCUT2D eigenvalue weighted by atomic mass is 10.1. The molecule has 0 spiro atoms. The van der Waals surface area contributed by atoms with Crippen LogP contribution in [0.2, 0.25) is 0 Å². The third-order valence-corrected chi connectivity index (χ3v) is 3.43. The van der Waals surface area contributed by atoms with Crippen LogP contribution in [0.25, 0.3) is 0 Å². The van der Waals surface area contributed by atoms with Crippen LogP contribution < -0.4 is 15.4 Å². The number of carbonyl (C=O) groups excluding carboxylic acids is 1. The number of benzene rings is 1. The molecule has 0 bridgehead atoms. The van der Waals surface area contributed by atoms with Crippen LogP contribution in [0.1, 0.15) is 19.3 Å². The van der Waals surface area contributed by atoms with Gasteiger partial charge < -0.3 is 20.5 Å². The Bertz CT molecular complexity index is 481. The highest BCUT2D eigenvalue weighted by Crippen LogP contribution is 2.24. The summed E-state index contributed by atoms with van der Waals surface area (Å²) in [5, 5.41) is 14.7. The van der Waals surface area contributed by atoms with Crippen molar-refractivity contribution in [3.63, 3.8) is 0 Å². The summed E-state index contributed by atoms with van der Waals surface area (Å²) >= 11 is 0. The Hall–Kier alpha value is -1.82. The summed E-state index contributed by atoms with van der Waals surface area (Å²) in [6.07, 6.45) is 2.16. The van der Waals surface area contributed by atoms with Gasteiger partial charge in [-0.2, -0.15) is 0 Å². The second kappa shape index (κ2) is 6.56. The van der Waals surface area contributed by atoms with Crippen LogP contribution in [-0.4, -0.2) is 30.9 Å². The Morgan fingerprint density at radius 1 is 1.45 bits per heavy atom. The first kappa shape index (κ1) is 14.6. The SMILES string of the molecule is COc1cc(F)cc(NC(=O)NC[C@@H]2CC[C@H](O)C2)c1. The van der Waals surface area contributed by atoms with E-state index in [9.17, 15) is 14.3 Å². The number of anilines is 1. The smallest absolute Gasteiger partial charge is 0.319 e. The van der Waals surface area contributed by atoms with E-state index in [0.717, 1.165) is 12.8 Å². The molecule has 2 rings (SSSR count). The molecule has 0 aromatic heterocycles. The standard InChI is InChI=1S/C14H19FN2O3/c1-20-13-6-10(15)5-11(7-13)17-14(19)16-8-9-2-3-12(18)4-9/h5-7,9,12,18H,2-4,8H2,1H3,(H2,16,17,19)/t9-,12+/m1/s1. The average Bonchev–Trinajstić information content (AvgIpc) is 2.81. The Balaban J connectivity index is 1.83. The van der Waals surface area contributed by atoms with Crippen LogP contribution in [0, 0.1) is 11.7 Å². The Morgan fingerprint density at radius 3 is 2.90 bits per heavy atom. The molecule has 2 atom stereocenters. The number of rotatable bonds is 4. The lowest BCUT2D eigenvalue weighted by Crippen LogP contribution is -2.32. The van der Waals surface area contributed by atoms with E-state index >= 15 is 0 Å². The van der Waals surface area contributed by atoms with Crippen molar-refractivity contribution >= 4 is 11.7 Å². The zero-order valence-electron chi connectivity index (χ0n) is 11.4. The molecule has 1 saturated carbocycles. The van der Waals surface area contributed by atoms with Crippen LogP contribution in [0.5, 0.6) is 5.75 Å². The van der Waals surface area contributed by atoms with Gasteiger partial charge in [-0.15, -0.1) is 0 Å². The van der Waals surface area contributed by atoms with Crippen LogP contribution >= 0.6 is 0 Å². The van der Waals surface area contributed by atoms with Crippen molar-refractivity contribution in [3.05, 3.63) is 24.0 Å². The summed E-state index contributed by atoms with van der Waals surface area (Å²) in [6.45, 7) is 0.509. The summed E-state index contributed by atoms with van der Waals surface area (Å²) in [4.78, 5) is 11.7. The Morgan fingerprint density at radius 2 is 2.25 bits per heavy atom. The summed E-state index contributed by atoms with van der Waals surface area (Å²) in [5.41, 5.74) is 0.339. The minimum atomic E-state index is -0.474. The predicted octanol–water partition coefficient (Wildman–Crippen LogP) is 2.12. The third kappa shape index (κ3) is 4.09. The van der Waals surface area contributed by atoms with E-state index in [1.54, 1.807) is 6.07 Å². The number of methoxy groups -OCH3 is 1. The van der Waals surface area contributed by atoms with E-state index in [2.05, 4.69) is 10.6 Å². The van der Waals surface area contributed by atoms with Gasteiger partial charge in [0.2, 0.25) is 0 Å². The summed E-state index contributed by atoms with van der Waals surface area (Å²) < 4.78 is 18.2. The highest BCUT2D eigenvalue weighted by molar-refractivity contribution is 5.89. The van der Waals surface area contributed by atoms with Crippen LogP contribution in [0.3, 0.4) is 0 Å². The van der Waals surface area contributed by atoms with E-state index in [1.807, 2.05) is 0 Å². The number of halogens is 1. The van der Waals surface area contributed by atoms with Gasteiger partial charge in [0.1, 0.15) is 11.6 Å². The molecule has 20 heavy (non-hydrogen) atoms. The largest absolute Gasteiger partial charge is 0.497 e. The zero-order chi connectivity index (χ0) is 14.5. The molecule has 1 aromatic rings. The van der Waals surface area contributed by atoms with E-state index in [1.165, 1.54) is 19.2 Å². The number of amides is 2. The molecule has 3 N–H and O–H groups in total. The fourth-order valence-electron chi connectivity index (χ4n) is 2.40. The van der Waals surface area contributed by atoms with Crippen molar-refractivity contribution in [3.8, 4) is 5.75 Å². The minimum absolute atomic E-state index is 0.252. The van der Waals surface area contributed by atoms with E-state index < -0.39 is 5.82 Å². The highest BCUT2D eigenvalue weighted by Gasteiger charge is 2.22. The molecular weight excluding hydrogens is 263 g/mol.